The summed E-state index contributed by atoms with van der Waals surface area (Å²) in [6, 6.07) is 8.60. The summed E-state index contributed by atoms with van der Waals surface area (Å²) in [4.78, 5) is 38.3. The van der Waals surface area contributed by atoms with Gasteiger partial charge in [0, 0.05) is 18.2 Å². The van der Waals surface area contributed by atoms with Crippen LogP contribution in [-0.2, 0) is 16.0 Å². The topological polar surface area (TPSA) is 108 Å². The quantitative estimate of drug-likeness (QED) is 0.274. The molecule has 9 heteroatoms. The summed E-state index contributed by atoms with van der Waals surface area (Å²) >= 11 is 0. The van der Waals surface area contributed by atoms with Gasteiger partial charge in [-0.15, -0.1) is 0 Å². The lowest BCUT2D eigenvalue weighted by Gasteiger charge is -2.24. The molecular weight excluding hydrogens is 404 g/mol. The first kappa shape index (κ1) is 22.1. The molecule has 0 aromatic heterocycles. The second-order valence-electron chi connectivity index (χ2n) is 7.03. The average molecular weight is 428 g/mol. The molecule has 2 aromatic rings. The van der Waals surface area contributed by atoms with Crippen LogP contribution in [0.5, 0.6) is 11.5 Å². The third-order valence-corrected chi connectivity index (χ3v) is 5.13. The third kappa shape index (κ3) is 4.30. The molecule has 2 aromatic carbocycles. The van der Waals surface area contributed by atoms with Crippen molar-refractivity contribution in [3.63, 3.8) is 0 Å². The van der Waals surface area contributed by atoms with Gasteiger partial charge in [0.2, 0.25) is 0 Å². The lowest BCUT2D eigenvalue weighted by atomic mass is 10.1. The van der Waals surface area contributed by atoms with Crippen LogP contribution in [0.3, 0.4) is 0 Å². The first-order valence-electron chi connectivity index (χ1n) is 9.91. The van der Waals surface area contributed by atoms with Gasteiger partial charge in [0.1, 0.15) is 11.6 Å². The van der Waals surface area contributed by atoms with Crippen molar-refractivity contribution in [2.75, 3.05) is 25.7 Å². The summed E-state index contributed by atoms with van der Waals surface area (Å²) < 4.78 is 15.8. The standard InChI is InChI=1S/C22H24N2O7/c1-4-5-10-31-20-13-17(24(27)28)15(12-19(20)29-2)21(25)23-16-9-7-6-8-14(16)11-18(23)22(26)30-3/h6-9,12-13,18H,4-5,10-11H2,1-3H3/t18-/m0/s1. The van der Waals surface area contributed by atoms with Gasteiger partial charge in [-0.25, -0.2) is 4.79 Å². The molecule has 1 atom stereocenters. The molecule has 0 N–H and O–H groups in total. The number of nitrogens with zero attached hydrogens (tertiary/aromatic N) is 2. The zero-order valence-corrected chi connectivity index (χ0v) is 17.6. The van der Waals surface area contributed by atoms with Crippen molar-refractivity contribution in [3.8, 4) is 11.5 Å². The van der Waals surface area contributed by atoms with Gasteiger partial charge in [-0.1, -0.05) is 31.5 Å². The van der Waals surface area contributed by atoms with E-state index in [0.717, 1.165) is 18.4 Å². The number of para-hydroxylation sites is 1. The number of unbranched alkanes of at least 4 members (excludes halogenated alkanes) is 1. The van der Waals surface area contributed by atoms with E-state index in [-0.39, 0.29) is 23.5 Å². The Bertz CT molecular complexity index is 1010. The Morgan fingerprint density at radius 1 is 1.19 bits per heavy atom. The lowest BCUT2D eigenvalue weighted by molar-refractivity contribution is -0.385. The van der Waals surface area contributed by atoms with E-state index in [9.17, 15) is 19.7 Å². The van der Waals surface area contributed by atoms with Crippen LogP contribution in [0.4, 0.5) is 11.4 Å². The predicted molar refractivity (Wildman–Crippen MR) is 113 cm³/mol. The fraction of sp³-hybridized carbons (Fsp3) is 0.364. The number of hydrogen-bond acceptors (Lipinski definition) is 7. The Morgan fingerprint density at radius 2 is 1.94 bits per heavy atom. The number of carbonyl (C=O) groups excluding carboxylic acids is 2. The Balaban J connectivity index is 2.08. The van der Waals surface area contributed by atoms with Crippen LogP contribution >= 0.6 is 0 Å². The summed E-state index contributed by atoms with van der Waals surface area (Å²) in [6.07, 6.45) is 1.92. The van der Waals surface area contributed by atoms with E-state index in [1.807, 2.05) is 6.92 Å². The highest BCUT2D eigenvalue weighted by Crippen LogP contribution is 2.39. The van der Waals surface area contributed by atoms with Crippen LogP contribution in [0.15, 0.2) is 36.4 Å². The molecule has 0 unspecified atom stereocenters. The molecule has 0 fully saturated rings. The maximum Gasteiger partial charge on any atom is 0.329 e. The molecule has 1 amide bonds. The monoisotopic (exact) mass is 428 g/mol. The molecule has 1 aliphatic rings. The highest BCUT2D eigenvalue weighted by molar-refractivity contribution is 6.13. The minimum Gasteiger partial charge on any atom is -0.493 e. The number of nitro benzene ring substituents is 1. The van der Waals surface area contributed by atoms with Crippen LogP contribution in [0, 0.1) is 10.1 Å². The normalized spacial score (nSPS) is 14.7. The number of fused-ring (bicyclic) bond motifs is 1. The zero-order valence-electron chi connectivity index (χ0n) is 17.6. The van der Waals surface area contributed by atoms with E-state index >= 15 is 0 Å². The summed E-state index contributed by atoms with van der Waals surface area (Å²) in [5.41, 5.74) is 0.667. The van der Waals surface area contributed by atoms with Crippen molar-refractivity contribution in [2.24, 2.45) is 0 Å². The van der Waals surface area contributed by atoms with E-state index in [2.05, 4.69) is 0 Å². The number of anilines is 1. The number of esters is 1. The van der Waals surface area contributed by atoms with Crippen molar-refractivity contribution in [1.82, 2.24) is 0 Å². The molecule has 0 saturated carbocycles. The van der Waals surface area contributed by atoms with Gasteiger partial charge >= 0.3 is 5.97 Å². The van der Waals surface area contributed by atoms with Gasteiger partial charge in [0.25, 0.3) is 11.6 Å². The summed E-state index contributed by atoms with van der Waals surface area (Å²) in [6.45, 7) is 2.36. The van der Waals surface area contributed by atoms with Crippen LogP contribution in [0.1, 0.15) is 35.7 Å². The molecule has 0 saturated heterocycles. The van der Waals surface area contributed by atoms with E-state index in [0.29, 0.717) is 12.3 Å². The van der Waals surface area contributed by atoms with E-state index in [1.165, 1.54) is 31.3 Å². The van der Waals surface area contributed by atoms with Gasteiger partial charge in [-0.05, 0) is 18.1 Å². The van der Waals surface area contributed by atoms with Gasteiger partial charge in [-0.3, -0.25) is 19.8 Å². The number of nitro groups is 1. The number of carbonyl (C=O) groups is 2. The van der Waals surface area contributed by atoms with Gasteiger partial charge < -0.3 is 14.2 Å². The minimum absolute atomic E-state index is 0.186. The highest BCUT2D eigenvalue weighted by atomic mass is 16.6. The Labute approximate surface area is 179 Å². The van der Waals surface area contributed by atoms with Gasteiger partial charge in [0.05, 0.1) is 31.8 Å². The molecule has 31 heavy (non-hydrogen) atoms. The van der Waals surface area contributed by atoms with E-state index < -0.39 is 28.5 Å². The summed E-state index contributed by atoms with van der Waals surface area (Å²) in [5, 5.41) is 11.8. The molecule has 3 rings (SSSR count). The zero-order chi connectivity index (χ0) is 22.5. The van der Waals surface area contributed by atoms with Crippen molar-refractivity contribution < 1.29 is 28.7 Å². The van der Waals surface area contributed by atoms with Crippen LogP contribution in [-0.4, -0.2) is 43.7 Å². The van der Waals surface area contributed by atoms with Crippen LogP contribution < -0.4 is 14.4 Å². The second-order valence-corrected chi connectivity index (χ2v) is 7.03. The molecule has 1 aliphatic heterocycles. The first-order chi connectivity index (χ1) is 14.9. The van der Waals surface area contributed by atoms with E-state index in [1.54, 1.807) is 24.3 Å². The molecular formula is C22H24N2O7. The van der Waals surface area contributed by atoms with Crippen molar-refractivity contribution >= 4 is 23.3 Å². The largest absolute Gasteiger partial charge is 0.493 e. The number of amides is 1. The SMILES string of the molecule is CCCCOc1cc([N+](=O)[O-])c(C(=O)N2c3ccccc3C[C@H]2C(=O)OC)cc1OC. The molecule has 0 bridgehead atoms. The predicted octanol–water partition coefficient (Wildman–Crippen LogP) is 3.53. The smallest absolute Gasteiger partial charge is 0.329 e. The number of benzene rings is 2. The lowest BCUT2D eigenvalue weighted by Crippen LogP contribution is -2.43. The van der Waals surface area contributed by atoms with Gasteiger partial charge in [-0.2, -0.15) is 0 Å². The van der Waals surface area contributed by atoms with Crippen LogP contribution in [0.2, 0.25) is 0 Å². The van der Waals surface area contributed by atoms with Gasteiger partial charge in [0.15, 0.2) is 11.5 Å². The Hall–Kier alpha value is -3.62. The number of rotatable bonds is 8. The first-order valence-corrected chi connectivity index (χ1v) is 9.91. The highest BCUT2D eigenvalue weighted by Gasteiger charge is 2.41. The minimum atomic E-state index is -0.916. The molecule has 1 heterocycles. The fourth-order valence-electron chi connectivity index (χ4n) is 3.56. The van der Waals surface area contributed by atoms with Crippen molar-refractivity contribution in [1.29, 1.82) is 0 Å². The second kappa shape index (κ2) is 9.46. The number of ether oxygens (including phenoxy) is 3. The fourth-order valence-corrected chi connectivity index (χ4v) is 3.56. The molecule has 0 spiro atoms. The maximum atomic E-state index is 13.5. The van der Waals surface area contributed by atoms with Crippen molar-refractivity contribution in [3.05, 3.63) is 57.6 Å². The average Bonchev–Trinajstić information content (AvgIpc) is 3.17. The molecule has 9 nitrogen and oxygen atoms in total. The molecule has 164 valence electrons. The number of hydrogen-bond donors (Lipinski definition) is 0. The summed E-state index contributed by atoms with van der Waals surface area (Å²) in [7, 11) is 2.63. The Kier molecular flexibility index (Phi) is 6.74. The van der Waals surface area contributed by atoms with Crippen molar-refractivity contribution in [2.45, 2.75) is 32.2 Å². The molecule has 0 radical (unpaired) electrons. The third-order valence-electron chi connectivity index (χ3n) is 5.13. The summed E-state index contributed by atoms with van der Waals surface area (Å²) in [5.74, 6) is -0.901. The maximum absolute atomic E-state index is 13.5. The van der Waals surface area contributed by atoms with E-state index in [4.69, 9.17) is 14.2 Å². The van der Waals surface area contributed by atoms with Crippen LogP contribution in [0.25, 0.3) is 0 Å². The Morgan fingerprint density at radius 3 is 2.58 bits per heavy atom. The molecule has 0 aliphatic carbocycles. The number of methoxy groups -OCH3 is 2.